The summed E-state index contributed by atoms with van der Waals surface area (Å²) in [7, 11) is 0. The summed E-state index contributed by atoms with van der Waals surface area (Å²) in [6.07, 6.45) is -0.105. The molecule has 1 aromatic heterocycles. The minimum absolute atomic E-state index is 0.00622. The predicted octanol–water partition coefficient (Wildman–Crippen LogP) is 3.81. The van der Waals surface area contributed by atoms with Gasteiger partial charge in [-0.1, -0.05) is 30.3 Å². The molecule has 0 atom stereocenters. The summed E-state index contributed by atoms with van der Waals surface area (Å²) in [6.45, 7) is 0.230. The summed E-state index contributed by atoms with van der Waals surface area (Å²) in [5.41, 5.74) is 3.34. The number of anilines is 1. The zero-order valence-electron chi connectivity index (χ0n) is 17.0. The van der Waals surface area contributed by atoms with Crippen LogP contribution in [0.15, 0.2) is 54.6 Å². The zero-order valence-corrected chi connectivity index (χ0v) is 17.0. The van der Waals surface area contributed by atoms with E-state index in [0.717, 1.165) is 11.4 Å². The molecular formula is C22H21F2N3O4. The number of aromatic nitrogens is 2. The Morgan fingerprint density at radius 2 is 1.74 bits per heavy atom. The predicted molar refractivity (Wildman–Crippen MR) is 109 cm³/mol. The maximum Gasteiger partial charge on any atom is 0.387 e. The van der Waals surface area contributed by atoms with Crippen LogP contribution >= 0.6 is 0 Å². The number of hydrogen-bond acceptors (Lipinski definition) is 5. The van der Waals surface area contributed by atoms with E-state index in [1.807, 2.05) is 37.3 Å². The molecule has 0 spiro atoms. The van der Waals surface area contributed by atoms with Gasteiger partial charge in [0.2, 0.25) is 0 Å². The van der Waals surface area contributed by atoms with Crippen molar-refractivity contribution in [3.05, 3.63) is 71.5 Å². The molecule has 0 radical (unpaired) electrons. The number of alkyl halides is 2. The van der Waals surface area contributed by atoms with Gasteiger partial charge < -0.3 is 14.8 Å². The molecule has 7 nitrogen and oxygen atoms in total. The third kappa shape index (κ3) is 5.88. The highest BCUT2D eigenvalue weighted by molar-refractivity contribution is 5.94. The second-order valence-corrected chi connectivity index (χ2v) is 6.70. The van der Waals surface area contributed by atoms with E-state index >= 15 is 0 Å². The topological polar surface area (TPSA) is 82.5 Å². The van der Waals surface area contributed by atoms with Gasteiger partial charge >= 0.3 is 12.6 Å². The first-order chi connectivity index (χ1) is 14.8. The van der Waals surface area contributed by atoms with E-state index in [1.54, 1.807) is 11.6 Å². The van der Waals surface area contributed by atoms with Gasteiger partial charge in [0.05, 0.1) is 29.2 Å². The lowest BCUT2D eigenvalue weighted by Gasteiger charge is -2.08. The summed E-state index contributed by atoms with van der Waals surface area (Å²) in [6, 6.07) is 15.1. The molecule has 31 heavy (non-hydrogen) atoms. The number of hydrogen-bond donors (Lipinski definition) is 1. The fourth-order valence-corrected chi connectivity index (χ4v) is 2.97. The Bertz CT molecular complexity index is 1050. The molecule has 9 heteroatoms. The number of carbonyl (C=O) groups excluding carboxylic acids is 2. The van der Waals surface area contributed by atoms with Crippen LogP contribution in [0.1, 0.15) is 17.0 Å². The number of esters is 1. The van der Waals surface area contributed by atoms with Crippen molar-refractivity contribution in [1.82, 2.24) is 9.78 Å². The number of aryl methyl sites for hydroxylation is 1. The van der Waals surface area contributed by atoms with Crippen LogP contribution < -0.4 is 10.1 Å². The number of rotatable bonds is 8. The monoisotopic (exact) mass is 429 g/mol. The smallest absolute Gasteiger partial charge is 0.387 e. The number of para-hydroxylation sites is 1. The van der Waals surface area contributed by atoms with Gasteiger partial charge in [0.15, 0.2) is 6.61 Å². The fourth-order valence-electron chi connectivity index (χ4n) is 2.97. The first kappa shape index (κ1) is 21.9. The van der Waals surface area contributed by atoms with E-state index in [2.05, 4.69) is 15.2 Å². The van der Waals surface area contributed by atoms with Crippen molar-refractivity contribution >= 4 is 17.6 Å². The van der Waals surface area contributed by atoms with E-state index in [9.17, 15) is 18.4 Å². The quantitative estimate of drug-likeness (QED) is 0.551. The molecule has 3 rings (SSSR count). The van der Waals surface area contributed by atoms with Crippen LogP contribution in [-0.2, 0) is 20.7 Å². The van der Waals surface area contributed by atoms with Crippen molar-refractivity contribution in [2.24, 2.45) is 0 Å². The van der Waals surface area contributed by atoms with Crippen molar-refractivity contribution in [1.29, 1.82) is 0 Å². The summed E-state index contributed by atoms with van der Waals surface area (Å²) in [4.78, 5) is 24.2. The third-order valence-electron chi connectivity index (χ3n) is 4.42. The lowest BCUT2D eigenvalue weighted by molar-refractivity contribution is -0.146. The maximum atomic E-state index is 12.3. The van der Waals surface area contributed by atoms with Crippen LogP contribution in [0.4, 0.5) is 14.5 Å². The Kier molecular flexibility index (Phi) is 6.96. The van der Waals surface area contributed by atoms with Gasteiger partial charge in [0, 0.05) is 0 Å². The van der Waals surface area contributed by atoms with Crippen molar-refractivity contribution in [2.45, 2.75) is 26.9 Å². The Hall–Kier alpha value is -3.75. The second-order valence-electron chi connectivity index (χ2n) is 6.70. The van der Waals surface area contributed by atoms with Gasteiger partial charge in [-0.05, 0) is 43.7 Å². The Balaban J connectivity index is 1.53. The highest BCUT2D eigenvalue weighted by Crippen LogP contribution is 2.22. The van der Waals surface area contributed by atoms with E-state index < -0.39 is 25.1 Å². The Labute approximate surface area is 177 Å². The second kappa shape index (κ2) is 9.84. The molecule has 0 aliphatic carbocycles. The average molecular weight is 429 g/mol. The highest BCUT2D eigenvalue weighted by atomic mass is 19.3. The number of halogens is 2. The lowest BCUT2D eigenvalue weighted by atomic mass is 10.1. The molecule has 2 aromatic carbocycles. The minimum Gasteiger partial charge on any atom is -0.455 e. The van der Waals surface area contributed by atoms with E-state index in [0.29, 0.717) is 16.9 Å². The lowest BCUT2D eigenvalue weighted by Crippen LogP contribution is -2.22. The van der Waals surface area contributed by atoms with Gasteiger partial charge in [0.1, 0.15) is 5.75 Å². The van der Waals surface area contributed by atoms with Gasteiger partial charge in [-0.25, -0.2) is 4.68 Å². The van der Waals surface area contributed by atoms with Crippen LogP contribution in [0, 0.1) is 13.8 Å². The minimum atomic E-state index is -2.92. The molecule has 162 valence electrons. The summed E-state index contributed by atoms with van der Waals surface area (Å²) in [5.74, 6) is -1.12. The molecule has 1 amide bonds. The molecule has 0 aliphatic heterocycles. The molecule has 3 aromatic rings. The van der Waals surface area contributed by atoms with Gasteiger partial charge in [-0.3, -0.25) is 9.59 Å². The standard InChI is InChI=1S/C22H21F2N3O4/c1-14-21(15(2)27(26-14)17-6-4-3-5-7-17)25-19(28)13-30-20(29)12-16-8-10-18(11-9-16)31-22(23)24/h3-11,22H,12-13H2,1-2H3,(H,25,28). The van der Waals surface area contributed by atoms with E-state index in [1.165, 1.54) is 24.3 Å². The van der Waals surface area contributed by atoms with Crippen molar-refractivity contribution in [2.75, 3.05) is 11.9 Å². The normalized spacial score (nSPS) is 10.7. The van der Waals surface area contributed by atoms with Gasteiger partial charge in [-0.2, -0.15) is 13.9 Å². The summed E-state index contributed by atoms with van der Waals surface area (Å²) in [5, 5.41) is 7.17. The summed E-state index contributed by atoms with van der Waals surface area (Å²) < 4.78 is 35.3. The molecule has 0 fully saturated rings. The number of nitrogens with zero attached hydrogens (tertiary/aromatic N) is 2. The Morgan fingerprint density at radius 3 is 2.39 bits per heavy atom. The maximum absolute atomic E-state index is 12.3. The van der Waals surface area contributed by atoms with Crippen LogP contribution in [-0.4, -0.2) is 34.9 Å². The van der Waals surface area contributed by atoms with Crippen LogP contribution in [0.25, 0.3) is 5.69 Å². The molecule has 0 unspecified atom stereocenters. The summed E-state index contributed by atoms with van der Waals surface area (Å²) >= 11 is 0. The largest absolute Gasteiger partial charge is 0.455 e. The van der Waals surface area contributed by atoms with E-state index in [-0.39, 0.29) is 12.2 Å². The average Bonchev–Trinajstić information content (AvgIpc) is 3.02. The van der Waals surface area contributed by atoms with Crippen LogP contribution in [0.3, 0.4) is 0 Å². The number of nitrogens with one attached hydrogen (secondary N) is 1. The number of benzene rings is 2. The van der Waals surface area contributed by atoms with Crippen molar-refractivity contribution < 1.29 is 27.8 Å². The van der Waals surface area contributed by atoms with Crippen LogP contribution in [0.2, 0.25) is 0 Å². The first-order valence-electron chi connectivity index (χ1n) is 9.44. The number of carbonyl (C=O) groups is 2. The molecule has 0 saturated heterocycles. The zero-order chi connectivity index (χ0) is 22.4. The molecule has 0 saturated carbocycles. The van der Waals surface area contributed by atoms with Crippen molar-refractivity contribution in [3.63, 3.8) is 0 Å². The SMILES string of the molecule is Cc1nn(-c2ccccc2)c(C)c1NC(=O)COC(=O)Cc1ccc(OC(F)F)cc1. The van der Waals surface area contributed by atoms with Gasteiger partial charge in [0.25, 0.3) is 5.91 Å². The molecular weight excluding hydrogens is 408 g/mol. The van der Waals surface area contributed by atoms with Gasteiger partial charge in [-0.15, -0.1) is 0 Å². The molecule has 1 heterocycles. The van der Waals surface area contributed by atoms with E-state index in [4.69, 9.17) is 4.74 Å². The number of ether oxygens (including phenoxy) is 2. The molecule has 0 aliphatic rings. The third-order valence-corrected chi connectivity index (χ3v) is 4.42. The molecule has 1 N–H and O–H groups in total. The van der Waals surface area contributed by atoms with Crippen molar-refractivity contribution in [3.8, 4) is 11.4 Å². The highest BCUT2D eigenvalue weighted by Gasteiger charge is 2.16. The van der Waals surface area contributed by atoms with Crippen LogP contribution in [0.5, 0.6) is 5.75 Å². The first-order valence-corrected chi connectivity index (χ1v) is 9.44. The Morgan fingerprint density at radius 1 is 1.06 bits per heavy atom. The fraction of sp³-hybridized carbons (Fsp3) is 0.227. The number of amides is 1. The molecule has 0 bridgehead atoms.